The first-order valence-electron chi connectivity index (χ1n) is 5.58. The molecule has 3 rings (SSSR count). The summed E-state index contributed by atoms with van der Waals surface area (Å²) >= 11 is 3.39. The molecule has 1 aliphatic heterocycles. The second kappa shape index (κ2) is 5.46. The third-order valence-electron chi connectivity index (χ3n) is 2.52. The lowest BCUT2D eigenvalue weighted by Gasteiger charge is -1.87. The van der Waals surface area contributed by atoms with Gasteiger partial charge in [0, 0.05) is 4.47 Å². The van der Waals surface area contributed by atoms with Gasteiger partial charge in [0.25, 0.3) is 0 Å². The molecule has 16 heavy (non-hydrogen) atoms. The Kier molecular flexibility index (Phi) is 3.96. The summed E-state index contributed by atoms with van der Waals surface area (Å²) in [5.74, 6) is 0.957. The van der Waals surface area contributed by atoms with Crippen LogP contribution in [0.3, 0.4) is 0 Å². The third-order valence-corrected chi connectivity index (χ3v) is 3.01. The van der Waals surface area contributed by atoms with Crippen LogP contribution in [-0.2, 0) is 0 Å². The maximum Gasteiger partial charge on any atom is 0.104 e. The van der Waals surface area contributed by atoms with Gasteiger partial charge >= 0.3 is 0 Å². The molecule has 1 fully saturated rings. The lowest BCUT2D eigenvalue weighted by molar-refractivity contribution is 0.857. The van der Waals surface area contributed by atoms with E-state index in [1.165, 1.54) is 25.9 Å². The highest BCUT2D eigenvalue weighted by atomic mass is 79.9. The average Bonchev–Trinajstić information content (AvgIpc) is 2.87. The number of aromatic nitrogens is 2. The molecule has 0 amide bonds. The largest absolute Gasteiger partial charge is 0.342 e. The van der Waals surface area contributed by atoms with Crippen LogP contribution < -0.4 is 5.32 Å². The van der Waals surface area contributed by atoms with Gasteiger partial charge in [-0.1, -0.05) is 15.9 Å². The maximum atomic E-state index is 4.28. The van der Waals surface area contributed by atoms with Gasteiger partial charge in [-0.3, -0.25) is 0 Å². The number of H-pyrrole nitrogens is 1. The number of halogens is 1. The van der Waals surface area contributed by atoms with Gasteiger partial charge in [0.15, 0.2) is 0 Å². The number of rotatable bonds is 0. The Hall–Kier alpha value is -0.870. The molecular weight excluding hydrogens is 266 g/mol. The number of aromatic amines is 1. The van der Waals surface area contributed by atoms with Gasteiger partial charge < -0.3 is 10.3 Å². The molecule has 0 atom stereocenters. The van der Waals surface area contributed by atoms with Crippen molar-refractivity contribution in [1.82, 2.24) is 15.3 Å². The summed E-state index contributed by atoms with van der Waals surface area (Å²) in [6.07, 6.45) is 2.78. The molecule has 1 aliphatic rings. The predicted molar refractivity (Wildman–Crippen MR) is 70.6 cm³/mol. The quantitative estimate of drug-likeness (QED) is 0.780. The molecule has 0 unspecified atom stereocenters. The monoisotopic (exact) mass is 281 g/mol. The highest BCUT2D eigenvalue weighted by molar-refractivity contribution is 9.10. The van der Waals surface area contributed by atoms with E-state index in [0.29, 0.717) is 0 Å². The normalized spacial score (nSPS) is 14.9. The van der Waals surface area contributed by atoms with Crippen molar-refractivity contribution in [2.45, 2.75) is 19.8 Å². The topological polar surface area (TPSA) is 40.7 Å². The molecule has 3 nitrogen and oxygen atoms in total. The third kappa shape index (κ3) is 3.06. The smallest absolute Gasteiger partial charge is 0.104 e. The lowest BCUT2D eigenvalue weighted by atomic mass is 10.3. The second-order valence-corrected chi connectivity index (χ2v) is 4.86. The first-order valence-corrected chi connectivity index (χ1v) is 6.37. The van der Waals surface area contributed by atoms with Gasteiger partial charge in [-0.2, -0.15) is 0 Å². The van der Waals surface area contributed by atoms with E-state index in [-0.39, 0.29) is 0 Å². The van der Waals surface area contributed by atoms with E-state index >= 15 is 0 Å². The van der Waals surface area contributed by atoms with Crippen molar-refractivity contribution in [3.8, 4) is 0 Å². The summed E-state index contributed by atoms with van der Waals surface area (Å²) in [6.45, 7) is 4.45. The highest BCUT2D eigenvalue weighted by Gasteiger charge is 1.97. The molecule has 0 bridgehead atoms. The van der Waals surface area contributed by atoms with Crippen molar-refractivity contribution in [3.05, 3.63) is 28.5 Å². The minimum atomic E-state index is 0.957. The molecule has 0 aliphatic carbocycles. The van der Waals surface area contributed by atoms with Crippen molar-refractivity contribution in [3.63, 3.8) is 0 Å². The molecule has 2 heterocycles. The minimum Gasteiger partial charge on any atom is -0.342 e. The molecule has 1 aromatic carbocycles. The Bertz CT molecular complexity index is 453. The molecule has 0 saturated carbocycles. The fraction of sp³-hybridized carbons (Fsp3) is 0.417. The van der Waals surface area contributed by atoms with E-state index in [1.807, 2.05) is 25.1 Å². The minimum absolute atomic E-state index is 0.957. The zero-order valence-corrected chi connectivity index (χ0v) is 11.0. The van der Waals surface area contributed by atoms with Crippen LogP contribution in [0.1, 0.15) is 18.7 Å². The number of benzene rings is 1. The van der Waals surface area contributed by atoms with Gasteiger partial charge in [-0.15, -0.1) is 0 Å². The van der Waals surface area contributed by atoms with E-state index in [9.17, 15) is 0 Å². The van der Waals surface area contributed by atoms with E-state index in [1.54, 1.807) is 0 Å². The Balaban J connectivity index is 0.000000162. The van der Waals surface area contributed by atoms with Crippen molar-refractivity contribution in [1.29, 1.82) is 0 Å². The first-order chi connectivity index (χ1) is 7.75. The fourth-order valence-corrected chi connectivity index (χ4v) is 2.10. The molecule has 1 saturated heterocycles. The van der Waals surface area contributed by atoms with Gasteiger partial charge in [-0.25, -0.2) is 4.98 Å². The molecule has 4 heteroatoms. The van der Waals surface area contributed by atoms with Crippen LogP contribution in [0.25, 0.3) is 11.0 Å². The number of imidazole rings is 1. The summed E-state index contributed by atoms with van der Waals surface area (Å²) in [5, 5.41) is 3.22. The number of nitrogens with zero attached hydrogens (tertiary/aromatic N) is 1. The van der Waals surface area contributed by atoms with Crippen LogP contribution in [0.15, 0.2) is 22.7 Å². The lowest BCUT2D eigenvalue weighted by Crippen LogP contribution is -2.03. The maximum absolute atomic E-state index is 4.28. The molecular formula is C12H16BrN3. The van der Waals surface area contributed by atoms with Crippen LogP contribution >= 0.6 is 15.9 Å². The van der Waals surface area contributed by atoms with Crippen LogP contribution in [-0.4, -0.2) is 23.1 Å². The second-order valence-electron chi connectivity index (χ2n) is 3.94. The summed E-state index contributed by atoms with van der Waals surface area (Å²) in [7, 11) is 0. The Labute approximate surface area is 104 Å². The van der Waals surface area contributed by atoms with Crippen LogP contribution in [0.4, 0.5) is 0 Å². The molecule has 2 N–H and O–H groups in total. The van der Waals surface area contributed by atoms with Crippen molar-refractivity contribution in [2.24, 2.45) is 0 Å². The molecule has 86 valence electrons. The number of fused-ring (bicyclic) bond motifs is 1. The molecule has 2 aromatic rings. The van der Waals surface area contributed by atoms with Crippen LogP contribution in [0.2, 0.25) is 0 Å². The van der Waals surface area contributed by atoms with Gasteiger partial charge in [0.2, 0.25) is 0 Å². The number of hydrogen-bond donors (Lipinski definition) is 2. The van der Waals surface area contributed by atoms with Crippen molar-refractivity contribution >= 4 is 27.0 Å². The first kappa shape index (κ1) is 11.6. The molecule has 0 spiro atoms. The Morgan fingerprint density at radius 2 is 2.00 bits per heavy atom. The van der Waals surface area contributed by atoms with E-state index < -0.39 is 0 Å². The fourth-order valence-electron chi connectivity index (χ4n) is 1.73. The Morgan fingerprint density at radius 1 is 1.25 bits per heavy atom. The Morgan fingerprint density at radius 3 is 2.62 bits per heavy atom. The summed E-state index contributed by atoms with van der Waals surface area (Å²) in [5.41, 5.74) is 2.10. The van der Waals surface area contributed by atoms with E-state index in [4.69, 9.17) is 0 Å². The van der Waals surface area contributed by atoms with E-state index in [0.717, 1.165) is 21.3 Å². The molecule has 1 aromatic heterocycles. The van der Waals surface area contributed by atoms with Gasteiger partial charge in [0.1, 0.15) is 5.82 Å². The average molecular weight is 282 g/mol. The predicted octanol–water partition coefficient (Wildman–Crippen LogP) is 3.00. The van der Waals surface area contributed by atoms with Gasteiger partial charge in [-0.05, 0) is 51.1 Å². The highest BCUT2D eigenvalue weighted by Crippen LogP contribution is 2.16. The SMILES string of the molecule is C1CCNC1.Cc1nc2ccc(Br)cc2[nH]1. The zero-order chi connectivity index (χ0) is 11.4. The summed E-state index contributed by atoms with van der Waals surface area (Å²) in [6, 6.07) is 6.00. The van der Waals surface area contributed by atoms with Crippen LogP contribution in [0, 0.1) is 6.92 Å². The van der Waals surface area contributed by atoms with Crippen molar-refractivity contribution in [2.75, 3.05) is 13.1 Å². The summed E-state index contributed by atoms with van der Waals surface area (Å²) in [4.78, 5) is 7.44. The van der Waals surface area contributed by atoms with Crippen LogP contribution in [0.5, 0.6) is 0 Å². The number of aryl methyl sites for hydroxylation is 1. The van der Waals surface area contributed by atoms with Crippen molar-refractivity contribution < 1.29 is 0 Å². The summed E-state index contributed by atoms with van der Waals surface area (Å²) < 4.78 is 1.08. The van der Waals surface area contributed by atoms with E-state index in [2.05, 4.69) is 31.2 Å². The number of nitrogens with one attached hydrogen (secondary N) is 2. The number of hydrogen-bond acceptors (Lipinski definition) is 2. The standard InChI is InChI=1S/C8H7BrN2.C4H9N/c1-5-10-7-3-2-6(9)4-8(7)11-5;1-2-4-5-3-1/h2-4H,1H3,(H,10,11);5H,1-4H2. The van der Waals surface area contributed by atoms with Gasteiger partial charge in [0.05, 0.1) is 11.0 Å². The molecule has 0 radical (unpaired) electrons. The zero-order valence-electron chi connectivity index (χ0n) is 9.39.